The molecule has 1 N–H and O–H groups in total. The van der Waals surface area contributed by atoms with Crippen LogP contribution in [-0.2, 0) is 6.61 Å². The van der Waals surface area contributed by atoms with Crippen molar-refractivity contribution in [3.63, 3.8) is 0 Å². The summed E-state index contributed by atoms with van der Waals surface area (Å²) >= 11 is 0. The van der Waals surface area contributed by atoms with Crippen molar-refractivity contribution in [2.45, 2.75) is 20.5 Å². The highest BCUT2D eigenvalue weighted by molar-refractivity contribution is 5.36. The van der Waals surface area contributed by atoms with E-state index < -0.39 is 0 Å². The summed E-state index contributed by atoms with van der Waals surface area (Å²) in [5, 5.41) is 9.05. The highest BCUT2D eigenvalue weighted by Crippen LogP contribution is 2.24. The van der Waals surface area contributed by atoms with E-state index in [9.17, 15) is 4.39 Å². The zero-order valence-corrected chi connectivity index (χ0v) is 10.3. The third-order valence-corrected chi connectivity index (χ3v) is 2.69. The predicted octanol–water partition coefficient (Wildman–Crippen LogP) is 3.12. The number of aliphatic hydroxyl groups excluding tert-OH is 1. The summed E-state index contributed by atoms with van der Waals surface area (Å²) in [6.45, 7) is 3.53. The first-order valence-electron chi connectivity index (χ1n) is 5.61. The fraction of sp³-hybridized carbons (Fsp3) is 0.214. The summed E-state index contributed by atoms with van der Waals surface area (Å²) in [4.78, 5) is 4.23. The smallest absolute Gasteiger partial charge is 0.219 e. The van der Waals surface area contributed by atoms with E-state index in [0.29, 0.717) is 17.2 Å². The lowest BCUT2D eigenvalue weighted by Crippen LogP contribution is -1.96. The Kier molecular flexibility index (Phi) is 3.58. The Bertz CT molecular complexity index is 570. The number of aliphatic hydroxyl groups is 1. The minimum Gasteiger partial charge on any atom is -0.439 e. The van der Waals surface area contributed by atoms with E-state index in [1.807, 2.05) is 0 Å². The minimum absolute atomic E-state index is 0.0469. The maximum Gasteiger partial charge on any atom is 0.219 e. The molecule has 94 valence electrons. The number of aryl methyl sites for hydroxylation is 2. The van der Waals surface area contributed by atoms with Crippen molar-refractivity contribution < 1.29 is 14.2 Å². The molecule has 4 heteroatoms. The molecule has 0 spiro atoms. The van der Waals surface area contributed by atoms with Crippen molar-refractivity contribution in [1.29, 1.82) is 0 Å². The van der Waals surface area contributed by atoms with Crippen LogP contribution in [0.5, 0.6) is 11.6 Å². The zero-order valence-electron chi connectivity index (χ0n) is 10.3. The van der Waals surface area contributed by atoms with Gasteiger partial charge in [0.25, 0.3) is 0 Å². The van der Waals surface area contributed by atoms with Crippen molar-refractivity contribution in [2.75, 3.05) is 0 Å². The van der Waals surface area contributed by atoms with Crippen molar-refractivity contribution in [3.05, 3.63) is 53.0 Å². The molecular formula is C14H14FNO2. The number of hydrogen-bond donors (Lipinski definition) is 1. The molecule has 0 bridgehead atoms. The van der Waals surface area contributed by atoms with E-state index in [1.165, 1.54) is 12.1 Å². The van der Waals surface area contributed by atoms with Gasteiger partial charge in [-0.3, -0.25) is 0 Å². The van der Waals surface area contributed by atoms with Gasteiger partial charge in [0.15, 0.2) is 0 Å². The van der Waals surface area contributed by atoms with E-state index in [0.717, 1.165) is 11.3 Å². The summed E-state index contributed by atoms with van der Waals surface area (Å²) in [5.41, 5.74) is 2.19. The van der Waals surface area contributed by atoms with Gasteiger partial charge in [0.1, 0.15) is 11.6 Å². The molecule has 0 saturated carbocycles. The molecule has 2 aromatic rings. The third kappa shape index (κ3) is 2.65. The number of rotatable bonds is 3. The van der Waals surface area contributed by atoms with Crippen molar-refractivity contribution in [1.82, 2.24) is 4.98 Å². The average molecular weight is 247 g/mol. The molecule has 0 saturated heterocycles. The maximum atomic E-state index is 13.0. The minimum atomic E-state index is -0.292. The number of pyridine rings is 1. The molecule has 0 aliphatic heterocycles. The first-order valence-corrected chi connectivity index (χ1v) is 5.61. The lowest BCUT2D eigenvalue weighted by Gasteiger charge is -2.09. The number of nitrogens with zero attached hydrogens (tertiary/aromatic N) is 1. The van der Waals surface area contributed by atoms with Crippen LogP contribution in [0, 0.1) is 19.7 Å². The van der Waals surface area contributed by atoms with Gasteiger partial charge in [-0.2, -0.15) is 0 Å². The van der Waals surface area contributed by atoms with Crippen molar-refractivity contribution in [3.8, 4) is 11.6 Å². The molecule has 1 aromatic heterocycles. The molecular weight excluding hydrogens is 233 g/mol. The fourth-order valence-corrected chi connectivity index (χ4v) is 1.63. The van der Waals surface area contributed by atoms with Crippen LogP contribution in [0.2, 0.25) is 0 Å². The molecule has 0 fully saturated rings. The van der Waals surface area contributed by atoms with Crippen molar-refractivity contribution >= 4 is 0 Å². The van der Waals surface area contributed by atoms with Gasteiger partial charge in [-0.15, -0.1) is 0 Å². The first-order chi connectivity index (χ1) is 8.60. The van der Waals surface area contributed by atoms with E-state index in [1.54, 1.807) is 32.0 Å². The Labute approximate surface area is 105 Å². The summed E-state index contributed by atoms with van der Waals surface area (Å²) in [6.07, 6.45) is 0. The highest BCUT2D eigenvalue weighted by Gasteiger charge is 2.06. The van der Waals surface area contributed by atoms with Crippen LogP contribution < -0.4 is 4.74 Å². The number of halogens is 1. The first kappa shape index (κ1) is 12.5. The van der Waals surface area contributed by atoms with Gasteiger partial charge in [-0.25, -0.2) is 9.37 Å². The molecule has 0 atom stereocenters. The topological polar surface area (TPSA) is 42.4 Å². The number of benzene rings is 1. The van der Waals surface area contributed by atoms with Gasteiger partial charge in [-0.05, 0) is 49.2 Å². The fourth-order valence-electron chi connectivity index (χ4n) is 1.63. The largest absolute Gasteiger partial charge is 0.439 e. The Morgan fingerprint density at radius 3 is 2.61 bits per heavy atom. The standard InChI is InChI=1S/C14H14FNO2/c1-9-7-12(15)4-5-13(9)18-14-6-3-11(8-17)10(2)16-14/h3-7,17H,8H2,1-2H3. The Morgan fingerprint density at radius 1 is 1.22 bits per heavy atom. The van der Waals surface area contributed by atoms with Crippen LogP contribution in [0.1, 0.15) is 16.8 Å². The SMILES string of the molecule is Cc1cc(F)ccc1Oc1ccc(CO)c(C)n1. The summed E-state index contributed by atoms with van der Waals surface area (Å²) in [5.74, 6) is 0.707. The Morgan fingerprint density at radius 2 is 2.00 bits per heavy atom. The van der Waals surface area contributed by atoms with Gasteiger partial charge in [-0.1, -0.05) is 0 Å². The monoisotopic (exact) mass is 247 g/mol. The van der Waals surface area contributed by atoms with Gasteiger partial charge >= 0.3 is 0 Å². The number of ether oxygens (including phenoxy) is 1. The van der Waals surface area contributed by atoms with E-state index >= 15 is 0 Å². The lowest BCUT2D eigenvalue weighted by atomic mass is 10.2. The molecule has 0 aliphatic carbocycles. The highest BCUT2D eigenvalue weighted by atomic mass is 19.1. The zero-order chi connectivity index (χ0) is 13.1. The quantitative estimate of drug-likeness (QED) is 0.906. The van der Waals surface area contributed by atoms with Crippen molar-refractivity contribution in [2.24, 2.45) is 0 Å². The molecule has 1 aromatic carbocycles. The summed E-state index contributed by atoms with van der Waals surface area (Å²) in [7, 11) is 0. The van der Waals surface area contributed by atoms with Gasteiger partial charge in [0, 0.05) is 11.8 Å². The lowest BCUT2D eigenvalue weighted by molar-refractivity contribution is 0.280. The van der Waals surface area contributed by atoms with Gasteiger partial charge < -0.3 is 9.84 Å². The Hall–Kier alpha value is -1.94. The normalized spacial score (nSPS) is 10.4. The average Bonchev–Trinajstić information content (AvgIpc) is 2.33. The predicted molar refractivity (Wildman–Crippen MR) is 66.1 cm³/mol. The van der Waals surface area contributed by atoms with E-state index in [-0.39, 0.29) is 12.4 Å². The van der Waals surface area contributed by atoms with Crippen LogP contribution in [0.25, 0.3) is 0 Å². The van der Waals surface area contributed by atoms with Crippen LogP contribution in [-0.4, -0.2) is 10.1 Å². The second-order valence-electron chi connectivity index (χ2n) is 4.06. The van der Waals surface area contributed by atoms with Gasteiger partial charge in [0.2, 0.25) is 5.88 Å². The summed E-state index contributed by atoms with van der Waals surface area (Å²) in [6, 6.07) is 7.76. The molecule has 18 heavy (non-hydrogen) atoms. The van der Waals surface area contributed by atoms with Crippen LogP contribution in [0.15, 0.2) is 30.3 Å². The second kappa shape index (κ2) is 5.14. The van der Waals surface area contributed by atoms with Crippen LogP contribution in [0.3, 0.4) is 0 Å². The van der Waals surface area contributed by atoms with Crippen LogP contribution in [0.4, 0.5) is 4.39 Å². The molecule has 0 aliphatic rings. The molecule has 2 rings (SSSR count). The molecule has 3 nitrogen and oxygen atoms in total. The van der Waals surface area contributed by atoms with E-state index in [2.05, 4.69) is 4.98 Å². The Balaban J connectivity index is 2.26. The summed E-state index contributed by atoms with van der Waals surface area (Å²) < 4.78 is 18.5. The maximum absolute atomic E-state index is 13.0. The number of hydrogen-bond acceptors (Lipinski definition) is 3. The van der Waals surface area contributed by atoms with E-state index in [4.69, 9.17) is 9.84 Å². The second-order valence-corrected chi connectivity index (χ2v) is 4.06. The van der Waals surface area contributed by atoms with Crippen LogP contribution >= 0.6 is 0 Å². The molecule has 0 amide bonds. The molecule has 0 radical (unpaired) electrons. The third-order valence-electron chi connectivity index (χ3n) is 2.69. The number of aromatic nitrogens is 1. The van der Waals surface area contributed by atoms with Gasteiger partial charge in [0.05, 0.1) is 6.61 Å². The molecule has 0 unspecified atom stereocenters. The molecule has 1 heterocycles.